The molecule has 0 N–H and O–H groups in total. The van der Waals surface area contributed by atoms with Gasteiger partial charge < -0.3 is 0 Å². The Balaban J connectivity index is 1.42. The molecular weight excluding hydrogens is 577 g/mol. The second-order valence-electron chi connectivity index (χ2n) is 12.4. The van der Waals surface area contributed by atoms with Gasteiger partial charge in [0.25, 0.3) is 0 Å². The van der Waals surface area contributed by atoms with Crippen LogP contribution in [0.4, 0.5) is 0 Å². The minimum atomic E-state index is 1.21. The maximum Gasteiger partial charge on any atom is -0.00199 e. The predicted octanol–water partition coefficient (Wildman–Crippen LogP) is 13.5. The fourth-order valence-corrected chi connectivity index (χ4v) is 7.55. The molecule has 9 rings (SSSR count). The van der Waals surface area contributed by atoms with Gasteiger partial charge in [0.2, 0.25) is 0 Å². The van der Waals surface area contributed by atoms with E-state index >= 15 is 0 Å². The lowest BCUT2D eigenvalue weighted by molar-refractivity contribution is 1.57. The normalized spacial score (nSPS) is 11.3. The molecule has 0 spiro atoms. The van der Waals surface area contributed by atoms with E-state index in [0.29, 0.717) is 0 Å². The van der Waals surface area contributed by atoms with Crippen LogP contribution in [-0.2, 0) is 0 Å². The molecule has 0 aromatic heterocycles. The van der Waals surface area contributed by atoms with Gasteiger partial charge in [0, 0.05) is 0 Å². The van der Waals surface area contributed by atoms with E-state index in [9.17, 15) is 0 Å². The summed E-state index contributed by atoms with van der Waals surface area (Å²) < 4.78 is 0. The van der Waals surface area contributed by atoms with Crippen LogP contribution in [0.1, 0.15) is 0 Å². The number of rotatable bonds is 5. The van der Waals surface area contributed by atoms with Crippen molar-refractivity contribution in [3.05, 3.63) is 194 Å². The molecule has 0 saturated heterocycles. The minimum absolute atomic E-state index is 1.21. The molecule has 48 heavy (non-hydrogen) atoms. The number of hydrogen-bond acceptors (Lipinski definition) is 0. The highest BCUT2D eigenvalue weighted by atomic mass is 14.2. The predicted molar refractivity (Wildman–Crippen MR) is 206 cm³/mol. The molecule has 224 valence electrons. The Morgan fingerprint density at radius 3 is 1.33 bits per heavy atom. The van der Waals surface area contributed by atoms with Gasteiger partial charge in [0.15, 0.2) is 0 Å². The Bertz CT molecular complexity index is 2530. The van der Waals surface area contributed by atoms with Crippen molar-refractivity contribution < 1.29 is 0 Å². The summed E-state index contributed by atoms with van der Waals surface area (Å²) in [5.74, 6) is 0. The topological polar surface area (TPSA) is 0 Å². The van der Waals surface area contributed by atoms with Gasteiger partial charge in [-0.3, -0.25) is 0 Å². The molecule has 0 saturated carbocycles. The van der Waals surface area contributed by atoms with Gasteiger partial charge in [0.05, 0.1) is 0 Å². The monoisotopic (exact) mass is 608 g/mol. The Labute approximate surface area is 281 Å². The van der Waals surface area contributed by atoms with Crippen LogP contribution < -0.4 is 0 Å². The van der Waals surface area contributed by atoms with Crippen LogP contribution in [0, 0.1) is 0 Å². The van der Waals surface area contributed by atoms with Crippen LogP contribution in [0.25, 0.3) is 88.0 Å². The van der Waals surface area contributed by atoms with Crippen LogP contribution in [0.5, 0.6) is 0 Å². The Hall–Kier alpha value is -6.24. The van der Waals surface area contributed by atoms with Crippen molar-refractivity contribution in [2.45, 2.75) is 0 Å². The standard InChI is InChI=1S/C48H32/c1-3-16-33(17-4-1)38-23-9-10-24-40(38)41-31-30-36(39-29-15-21-34-18-7-8-22-37(34)39)32-46(41)48-44-27-13-11-25-42(44)47(35-19-5-2-6-20-35)43-26-12-14-28-45(43)48/h1-32H. The summed E-state index contributed by atoms with van der Waals surface area (Å²) in [5.41, 5.74) is 12.4. The Morgan fingerprint density at radius 1 is 0.208 bits per heavy atom. The van der Waals surface area contributed by atoms with Crippen molar-refractivity contribution in [3.63, 3.8) is 0 Å². The van der Waals surface area contributed by atoms with Crippen molar-refractivity contribution >= 4 is 32.3 Å². The first-order valence-electron chi connectivity index (χ1n) is 16.6. The zero-order chi connectivity index (χ0) is 31.9. The van der Waals surface area contributed by atoms with Crippen molar-refractivity contribution in [2.24, 2.45) is 0 Å². The third-order valence-electron chi connectivity index (χ3n) is 9.69. The first-order valence-corrected chi connectivity index (χ1v) is 16.6. The summed E-state index contributed by atoms with van der Waals surface area (Å²) in [6.07, 6.45) is 0. The van der Waals surface area contributed by atoms with E-state index in [1.165, 1.54) is 88.0 Å². The maximum atomic E-state index is 2.44. The lowest BCUT2D eigenvalue weighted by Crippen LogP contribution is -1.95. The summed E-state index contributed by atoms with van der Waals surface area (Å²) in [5, 5.41) is 7.54. The largest absolute Gasteiger partial charge is 0.0622 e. The lowest BCUT2D eigenvalue weighted by Gasteiger charge is -2.21. The average molecular weight is 609 g/mol. The van der Waals surface area contributed by atoms with Gasteiger partial charge in [-0.05, 0) is 94.0 Å². The van der Waals surface area contributed by atoms with Gasteiger partial charge >= 0.3 is 0 Å². The Morgan fingerprint density at radius 2 is 0.667 bits per heavy atom. The SMILES string of the molecule is c1ccc(-c2ccccc2-c2ccc(-c3cccc4ccccc34)cc2-c2c3ccccc3c(-c3ccccc3)c3ccccc23)cc1. The fourth-order valence-electron chi connectivity index (χ4n) is 7.55. The van der Waals surface area contributed by atoms with E-state index in [0.717, 1.165) is 0 Å². The molecule has 0 amide bonds. The van der Waals surface area contributed by atoms with Crippen molar-refractivity contribution in [1.29, 1.82) is 0 Å². The van der Waals surface area contributed by atoms with Gasteiger partial charge in [0.1, 0.15) is 0 Å². The van der Waals surface area contributed by atoms with E-state index in [1.54, 1.807) is 0 Å². The number of hydrogen-bond donors (Lipinski definition) is 0. The second-order valence-corrected chi connectivity index (χ2v) is 12.4. The van der Waals surface area contributed by atoms with E-state index in [-0.39, 0.29) is 0 Å². The molecule has 0 aliphatic carbocycles. The minimum Gasteiger partial charge on any atom is -0.0622 e. The summed E-state index contributed by atoms with van der Waals surface area (Å²) in [4.78, 5) is 0. The van der Waals surface area contributed by atoms with Crippen LogP contribution in [-0.4, -0.2) is 0 Å². The zero-order valence-corrected chi connectivity index (χ0v) is 26.5. The molecule has 0 atom stereocenters. The first kappa shape index (κ1) is 28.0. The molecule has 0 fully saturated rings. The second kappa shape index (κ2) is 11.8. The molecule has 9 aromatic carbocycles. The number of benzene rings is 9. The molecule has 0 bridgehead atoms. The molecule has 9 aromatic rings. The summed E-state index contributed by atoms with van der Waals surface area (Å²) in [6.45, 7) is 0. The molecule has 0 heteroatoms. The first-order chi connectivity index (χ1) is 23.8. The highest BCUT2D eigenvalue weighted by Gasteiger charge is 2.21. The van der Waals surface area contributed by atoms with E-state index in [2.05, 4.69) is 194 Å². The van der Waals surface area contributed by atoms with Gasteiger partial charge in [-0.15, -0.1) is 0 Å². The quantitative estimate of drug-likeness (QED) is 0.171. The molecular formula is C48H32. The molecule has 0 unspecified atom stereocenters. The third-order valence-corrected chi connectivity index (χ3v) is 9.69. The average Bonchev–Trinajstić information content (AvgIpc) is 3.17. The molecule has 0 radical (unpaired) electrons. The highest BCUT2D eigenvalue weighted by Crippen LogP contribution is 2.48. The molecule has 0 aliphatic heterocycles. The fraction of sp³-hybridized carbons (Fsp3) is 0. The van der Waals surface area contributed by atoms with Crippen molar-refractivity contribution in [2.75, 3.05) is 0 Å². The van der Waals surface area contributed by atoms with Crippen molar-refractivity contribution in [1.82, 2.24) is 0 Å². The van der Waals surface area contributed by atoms with Crippen LogP contribution >= 0.6 is 0 Å². The maximum absolute atomic E-state index is 2.44. The highest BCUT2D eigenvalue weighted by molar-refractivity contribution is 6.23. The van der Waals surface area contributed by atoms with Gasteiger partial charge in [-0.2, -0.15) is 0 Å². The molecule has 0 aliphatic rings. The smallest absolute Gasteiger partial charge is 0.00199 e. The summed E-state index contributed by atoms with van der Waals surface area (Å²) >= 11 is 0. The molecule has 0 heterocycles. The number of fused-ring (bicyclic) bond motifs is 3. The zero-order valence-electron chi connectivity index (χ0n) is 26.5. The van der Waals surface area contributed by atoms with E-state index < -0.39 is 0 Å². The summed E-state index contributed by atoms with van der Waals surface area (Å²) in [6, 6.07) is 70.8. The van der Waals surface area contributed by atoms with E-state index in [1.807, 2.05) is 0 Å². The van der Waals surface area contributed by atoms with Crippen molar-refractivity contribution in [3.8, 4) is 55.6 Å². The third kappa shape index (κ3) is 4.70. The molecule has 0 nitrogen and oxygen atoms in total. The summed E-state index contributed by atoms with van der Waals surface area (Å²) in [7, 11) is 0. The van der Waals surface area contributed by atoms with Gasteiger partial charge in [-0.25, -0.2) is 0 Å². The van der Waals surface area contributed by atoms with Gasteiger partial charge in [-0.1, -0.05) is 188 Å². The van der Waals surface area contributed by atoms with Crippen LogP contribution in [0.2, 0.25) is 0 Å². The van der Waals surface area contributed by atoms with E-state index in [4.69, 9.17) is 0 Å². The van der Waals surface area contributed by atoms with Crippen LogP contribution in [0.15, 0.2) is 194 Å². The lowest BCUT2D eigenvalue weighted by atomic mass is 9.81. The Kier molecular flexibility index (Phi) is 6.91. The van der Waals surface area contributed by atoms with Crippen LogP contribution in [0.3, 0.4) is 0 Å².